The Balaban J connectivity index is 2.38. The number of benzene rings is 1. The first-order valence-electron chi connectivity index (χ1n) is 5.09. The average molecular weight is 239 g/mol. The monoisotopic (exact) mass is 239 g/mol. The van der Waals surface area contributed by atoms with E-state index in [1.54, 1.807) is 23.9 Å². The van der Waals surface area contributed by atoms with Crippen molar-refractivity contribution in [1.29, 1.82) is 0 Å². The molecule has 16 heavy (non-hydrogen) atoms. The number of amides is 1. The molecule has 0 unspecified atom stereocenters. The Hall–Kier alpha value is -1.16. The van der Waals surface area contributed by atoms with E-state index in [0.29, 0.717) is 12.3 Å². The number of rotatable bonds is 4. The smallest absolute Gasteiger partial charge is 0.410 e. The van der Waals surface area contributed by atoms with Crippen molar-refractivity contribution in [2.45, 2.75) is 18.6 Å². The molecule has 0 spiro atoms. The highest BCUT2D eigenvalue weighted by Crippen LogP contribution is 2.19. The predicted molar refractivity (Wildman–Crippen MR) is 68.1 cm³/mol. The number of para-hydroxylation sites is 1. The maximum absolute atomic E-state index is 11.4. The minimum absolute atomic E-state index is 0.0235. The van der Waals surface area contributed by atoms with E-state index in [9.17, 15) is 4.79 Å². The molecule has 0 aliphatic heterocycles. The summed E-state index contributed by atoms with van der Waals surface area (Å²) in [5.74, 6) is 0.557. The van der Waals surface area contributed by atoms with Crippen molar-refractivity contribution < 1.29 is 9.53 Å². The standard InChI is InChI=1S/C12H17NO2S/c1-12(2,16-3)9-13-11(14)15-10-7-5-4-6-8-10/h4-8H,9H2,1-3H3,(H,13,14). The van der Waals surface area contributed by atoms with E-state index in [1.165, 1.54) is 0 Å². The van der Waals surface area contributed by atoms with Gasteiger partial charge in [-0.1, -0.05) is 18.2 Å². The number of nitrogens with one attached hydrogen (secondary N) is 1. The van der Waals surface area contributed by atoms with Gasteiger partial charge in [-0.15, -0.1) is 0 Å². The number of hydrogen-bond donors (Lipinski definition) is 1. The molecule has 0 heterocycles. The Morgan fingerprint density at radius 3 is 2.56 bits per heavy atom. The molecule has 0 fully saturated rings. The molecular weight excluding hydrogens is 222 g/mol. The van der Waals surface area contributed by atoms with Gasteiger partial charge >= 0.3 is 6.09 Å². The maximum Gasteiger partial charge on any atom is 0.412 e. The number of carbonyl (C=O) groups is 1. The van der Waals surface area contributed by atoms with Gasteiger partial charge in [0, 0.05) is 11.3 Å². The quantitative estimate of drug-likeness (QED) is 0.878. The molecular formula is C12H17NO2S. The lowest BCUT2D eigenvalue weighted by Gasteiger charge is -2.21. The van der Waals surface area contributed by atoms with Crippen LogP contribution in [0.4, 0.5) is 4.79 Å². The summed E-state index contributed by atoms with van der Waals surface area (Å²) >= 11 is 1.71. The number of ether oxygens (including phenoxy) is 1. The van der Waals surface area contributed by atoms with Crippen LogP contribution in [0.25, 0.3) is 0 Å². The van der Waals surface area contributed by atoms with Crippen LogP contribution in [0.15, 0.2) is 30.3 Å². The van der Waals surface area contributed by atoms with Gasteiger partial charge < -0.3 is 10.1 Å². The Labute approximate surface area is 101 Å². The van der Waals surface area contributed by atoms with Gasteiger partial charge in [0.05, 0.1) is 0 Å². The lowest BCUT2D eigenvalue weighted by molar-refractivity contribution is 0.199. The summed E-state index contributed by atoms with van der Waals surface area (Å²) in [4.78, 5) is 11.4. The fraction of sp³-hybridized carbons (Fsp3) is 0.417. The van der Waals surface area contributed by atoms with Gasteiger partial charge in [0.2, 0.25) is 0 Å². The van der Waals surface area contributed by atoms with Gasteiger partial charge in [0.1, 0.15) is 5.75 Å². The van der Waals surface area contributed by atoms with Crippen molar-refractivity contribution in [3.63, 3.8) is 0 Å². The molecule has 1 rings (SSSR count). The van der Waals surface area contributed by atoms with Crippen LogP contribution in [0, 0.1) is 0 Å². The van der Waals surface area contributed by atoms with E-state index in [-0.39, 0.29) is 4.75 Å². The van der Waals surface area contributed by atoms with Gasteiger partial charge in [0.15, 0.2) is 0 Å². The second kappa shape index (κ2) is 5.80. The third kappa shape index (κ3) is 4.57. The Bertz CT molecular complexity index is 338. The molecule has 0 saturated heterocycles. The average Bonchev–Trinajstić information content (AvgIpc) is 2.28. The molecule has 0 atom stereocenters. The SMILES string of the molecule is CSC(C)(C)CNC(=O)Oc1ccccc1. The van der Waals surface area contributed by atoms with Gasteiger partial charge in [0.25, 0.3) is 0 Å². The minimum atomic E-state index is -0.409. The molecule has 0 saturated carbocycles. The molecule has 4 heteroatoms. The second-order valence-electron chi connectivity index (χ2n) is 4.02. The summed E-state index contributed by atoms with van der Waals surface area (Å²) < 4.78 is 5.12. The molecule has 1 N–H and O–H groups in total. The summed E-state index contributed by atoms with van der Waals surface area (Å²) in [5, 5.41) is 2.74. The van der Waals surface area contributed by atoms with E-state index in [4.69, 9.17) is 4.74 Å². The van der Waals surface area contributed by atoms with Crippen LogP contribution < -0.4 is 10.1 Å². The van der Waals surface area contributed by atoms with Crippen LogP contribution in [0.5, 0.6) is 5.75 Å². The number of thioether (sulfide) groups is 1. The first-order valence-corrected chi connectivity index (χ1v) is 6.32. The zero-order chi connectivity index (χ0) is 12.0. The van der Waals surface area contributed by atoms with Crippen LogP contribution in [-0.4, -0.2) is 23.6 Å². The summed E-state index contributed by atoms with van der Waals surface area (Å²) in [7, 11) is 0. The van der Waals surface area contributed by atoms with Crippen LogP contribution in [-0.2, 0) is 0 Å². The lowest BCUT2D eigenvalue weighted by atomic mass is 10.2. The highest BCUT2D eigenvalue weighted by Gasteiger charge is 2.17. The first-order chi connectivity index (χ1) is 7.53. The molecule has 0 aromatic heterocycles. The van der Waals surface area contributed by atoms with Gasteiger partial charge in [-0.25, -0.2) is 4.79 Å². The highest BCUT2D eigenvalue weighted by atomic mass is 32.2. The maximum atomic E-state index is 11.4. The van der Waals surface area contributed by atoms with Crippen LogP contribution >= 0.6 is 11.8 Å². The van der Waals surface area contributed by atoms with Gasteiger partial charge in [-0.05, 0) is 32.2 Å². The molecule has 1 aromatic rings. The number of hydrogen-bond acceptors (Lipinski definition) is 3. The fourth-order valence-electron chi connectivity index (χ4n) is 0.989. The van der Waals surface area contributed by atoms with Crippen molar-refractivity contribution in [3.8, 4) is 5.75 Å². The third-order valence-electron chi connectivity index (χ3n) is 2.16. The third-order valence-corrected chi connectivity index (χ3v) is 3.41. The summed E-state index contributed by atoms with van der Waals surface area (Å²) in [6.07, 6.45) is 1.61. The largest absolute Gasteiger partial charge is 0.412 e. The minimum Gasteiger partial charge on any atom is -0.410 e. The van der Waals surface area contributed by atoms with E-state index >= 15 is 0 Å². The van der Waals surface area contributed by atoms with E-state index in [2.05, 4.69) is 19.2 Å². The Morgan fingerprint density at radius 2 is 2.00 bits per heavy atom. The van der Waals surface area contributed by atoms with Crippen molar-refractivity contribution in [2.24, 2.45) is 0 Å². The molecule has 3 nitrogen and oxygen atoms in total. The molecule has 0 aliphatic carbocycles. The molecule has 0 aliphatic rings. The van der Waals surface area contributed by atoms with Crippen molar-refractivity contribution >= 4 is 17.9 Å². The highest BCUT2D eigenvalue weighted by molar-refractivity contribution is 7.99. The molecule has 0 radical (unpaired) electrons. The lowest BCUT2D eigenvalue weighted by Crippen LogP contribution is -2.37. The van der Waals surface area contributed by atoms with Crippen LogP contribution in [0.3, 0.4) is 0 Å². The first kappa shape index (κ1) is 12.9. The zero-order valence-electron chi connectivity index (χ0n) is 9.82. The van der Waals surface area contributed by atoms with Crippen LogP contribution in [0.1, 0.15) is 13.8 Å². The zero-order valence-corrected chi connectivity index (χ0v) is 10.6. The summed E-state index contributed by atoms with van der Waals surface area (Å²) in [6.45, 7) is 4.72. The van der Waals surface area contributed by atoms with E-state index < -0.39 is 6.09 Å². The second-order valence-corrected chi connectivity index (χ2v) is 5.53. The molecule has 88 valence electrons. The summed E-state index contributed by atoms with van der Waals surface area (Å²) in [5.41, 5.74) is 0. The van der Waals surface area contributed by atoms with Crippen LogP contribution in [0.2, 0.25) is 0 Å². The van der Waals surface area contributed by atoms with Gasteiger partial charge in [-0.3, -0.25) is 0 Å². The topological polar surface area (TPSA) is 38.3 Å². The van der Waals surface area contributed by atoms with E-state index in [0.717, 1.165) is 0 Å². The molecule has 0 bridgehead atoms. The van der Waals surface area contributed by atoms with Crippen molar-refractivity contribution in [3.05, 3.63) is 30.3 Å². The summed E-state index contributed by atoms with van der Waals surface area (Å²) in [6, 6.07) is 9.03. The number of carbonyl (C=O) groups excluding carboxylic acids is 1. The van der Waals surface area contributed by atoms with Crippen molar-refractivity contribution in [1.82, 2.24) is 5.32 Å². The normalized spacial score (nSPS) is 10.9. The Kier molecular flexibility index (Phi) is 4.68. The molecule has 1 aromatic carbocycles. The molecule has 1 amide bonds. The Morgan fingerprint density at radius 1 is 1.38 bits per heavy atom. The predicted octanol–water partition coefficient (Wildman–Crippen LogP) is 2.92. The van der Waals surface area contributed by atoms with Crippen molar-refractivity contribution in [2.75, 3.05) is 12.8 Å². The van der Waals surface area contributed by atoms with E-state index in [1.807, 2.05) is 24.5 Å². The fourth-order valence-corrected chi connectivity index (χ4v) is 1.21. The van der Waals surface area contributed by atoms with Gasteiger partial charge in [-0.2, -0.15) is 11.8 Å².